The summed E-state index contributed by atoms with van der Waals surface area (Å²) in [5, 5.41) is 9.45. The molecule has 0 unspecified atom stereocenters. The molecule has 0 amide bonds. The van der Waals surface area contributed by atoms with Crippen molar-refractivity contribution >= 4 is 17.6 Å². The molecule has 2 N–H and O–H groups in total. The minimum absolute atomic E-state index is 0.0646. The quantitative estimate of drug-likeness (QED) is 0.892. The van der Waals surface area contributed by atoms with Crippen LogP contribution in [0.5, 0.6) is 0 Å². The van der Waals surface area contributed by atoms with Crippen LogP contribution < -0.4 is 0 Å². The highest BCUT2D eigenvalue weighted by Gasteiger charge is 2.11. The normalized spacial score (nSPS) is 10.6. The highest BCUT2D eigenvalue weighted by Crippen LogP contribution is 2.18. The molecular formula is C13H13ClN2O2. The van der Waals surface area contributed by atoms with Crippen molar-refractivity contribution in [1.29, 1.82) is 0 Å². The number of hydrogen-bond donors (Lipinski definition) is 2. The fraction of sp³-hybridized carbons (Fsp3) is 0.231. The standard InChI is InChI=1S/C13H13ClN2O2/c1-8-11(7-13(17)18)16-12(15-8)6-9-4-2-3-5-10(9)14/h2-5H,6-7H2,1H3,(H,15,16)(H,17,18). The Hall–Kier alpha value is -1.81. The molecule has 0 saturated heterocycles. The number of aromatic nitrogens is 2. The number of carbonyl (C=O) groups is 1. The molecule has 0 aliphatic rings. The third-order valence-electron chi connectivity index (χ3n) is 2.67. The van der Waals surface area contributed by atoms with Gasteiger partial charge in [-0.15, -0.1) is 0 Å². The molecule has 0 radical (unpaired) electrons. The summed E-state index contributed by atoms with van der Waals surface area (Å²) in [6, 6.07) is 7.53. The van der Waals surface area contributed by atoms with E-state index >= 15 is 0 Å². The van der Waals surface area contributed by atoms with E-state index in [-0.39, 0.29) is 6.42 Å². The Kier molecular flexibility index (Phi) is 3.67. The number of imidazole rings is 1. The van der Waals surface area contributed by atoms with Gasteiger partial charge in [-0.1, -0.05) is 29.8 Å². The summed E-state index contributed by atoms with van der Waals surface area (Å²) >= 11 is 6.07. The van der Waals surface area contributed by atoms with Crippen molar-refractivity contribution in [3.63, 3.8) is 0 Å². The molecule has 1 aromatic heterocycles. The molecule has 0 aliphatic heterocycles. The number of halogens is 1. The summed E-state index contributed by atoms with van der Waals surface area (Å²) in [7, 11) is 0. The minimum Gasteiger partial charge on any atom is -0.481 e. The van der Waals surface area contributed by atoms with E-state index in [2.05, 4.69) is 9.97 Å². The third-order valence-corrected chi connectivity index (χ3v) is 3.04. The van der Waals surface area contributed by atoms with Crippen molar-refractivity contribution in [2.45, 2.75) is 19.8 Å². The predicted octanol–water partition coefficient (Wildman–Crippen LogP) is 2.59. The second kappa shape index (κ2) is 5.23. The first kappa shape index (κ1) is 12.6. The molecular weight excluding hydrogens is 252 g/mol. The smallest absolute Gasteiger partial charge is 0.309 e. The van der Waals surface area contributed by atoms with Crippen molar-refractivity contribution in [3.05, 3.63) is 52.1 Å². The lowest BCUT2D eigenvalue weighted by molar-refractivity contribution is -0.136. The monoisotopic (exact) mass is 264 g/mol. The number of aliphatic carboxylic acids is 1. The summed E-state index contributed by atoms with van der Waals surface area (Å²) < 4.78 is 0. The van der Waals surface area contributed by atoms with Crippen LogP contribution in [0.1, 0.15) is 22.8 Å². The number of carboxylic acids is 1. The summed E-state index contributed by atoms with van der Waals surface area (Å²) in [5.41, 5.74) is 2.33. The van der Waals surface area contributed by atoms with E-state index in [0.717, 1.165) is 17.1 Å². The number of hydrogen-bond acceptors (Lipinski definition) is 2. The lowest BCUT2D eigenvalue weighted by Gasteiger charge is -2.00. The zero-order valence-electron chi connectivity index (χ0n) is 9.90. The first-order valence-electron chi connectivity index (χ1n) is 5.56. The van der Waals surface area contributed by atoms with Crippen LogP contribution >= 0.6 is 11.6 Å². The average molecular weight is 265 g/mol. The van der Waals surface area contributed by atoms with Gasteiger partial charge in [0, 0.05) is 17.1 Å². The van der Waals surface area contributed by atoms with Gasteiger partial charge in [0.15, 0.2) is 0 Å². The Bertz CT molecular complexity index is 578. The first-order valence-corrected chi connectivity index (χ1v) is 5.93. The van der Waals surface area contributed by atoms with E-state index in [1.165, 1.54) is 0 Å². The maximum atomic E-state index is 10.7. The lowest BCUT2D eigenvalue weighted by Crippen LogP contribution is -2.01. The summed E-state index contributed by atoms with van der Waals surface area (Å²) in [5.74, 6) is -0.147. The number of aryl methyl sites for hydroxylation is 1. The van der Waals surface area contributed by atoms with E-state index in [1.807, 2.05) is 31.2 Å². The van der Waals surface area contributed by atoms with Crippen LogP contribution in [0.3, 0.4) is 0 Å². The number of nitrogens with zero attached hydrogens (tertiary/aromatic N) is 1. The molecule has 1 aromatic carbocycles. The highest BCUT2D eigenvalue weighted by molar-refractivity contribution is 6.31. The van der Waals surface area contributed by atoms with Crippen LogP contribution in [0.2, 0.25) is 5.02 Å². The van der Waals surface area contributed by atoms with E-state index in [9.17, 15) is 4.79 Å². The van der Waals surface area contributed by atoms with Crippen LogP contribution in [0.25, 0.3) is 0 Å². The molecule has 0 spiro atoms. The number of benzene rings is 1. The molecule has 4 nitrogen and oxygen atoms in total. The van der Waals surface area contributed by atoms with Crippen LogP contribution in [-0.2, 0) is 17.6 Å². The molecule has 2 rings (SSSR count). The molecule has 0 saturated carbocycles. The maximum Gasteiger partial charge on any atom is 0.309 e. The molecule has 0 bridgehead atoms. The van der Waals surface area contributed by atoms with Gasteiger partial charge in [0.1, 0.15) is 5.82 Å². The third kappa shape index (κ3) is 2.90. The van der Waals surface area contributed by atoms with Crippen molar-refractivity contribution in [1.82, 2.24) is 9.97 Å². The zero-order valence-corrected chi connectivity index (χ0v) is 10.7. The maximum absolute atomic E-state index is 10.7. The largest absolute Gasteiger partial charge is 0.481 e. The van der Waals surface area contributed by atoms with Crippen LogP contribution in [-0.4, -0.2) is 21.0 Å². The average Bonchev–Trinajstić information content (AvgIpc) is 2.62. The van der Waals surface area contributed by atoms with Gasteiger partial charge in [-0.2, -0.15) is 0 Å². The molecule has 94 valence electrons. The SMILES string of the molecule is Cc1[nH]c(Cc2ccccc2Cl)nc1CC(=O)O. The number of rotatable bonds is 4. The highest BCUT2D eigenvalue weighted by atomic mass is 35.5. The Balaban J connectivity index is 2.20. The Morgan fingerprint density at radius 1 is 1.44 bits per heavy atom. The van der Waals surface area contributed by atoms with Gasteiger partial charge < -0.3 is 10.1 Å². The van der Waals surface area contributed by atoms with E-state index < -0.39 is 5.97 Å². The molecule has 0 aliphatic carbocycles. The van der Waals surface area contributed by atoms with Crippen LogP contribution in [0, 0.1) is 6.92 Å². The minimum atomic E-state index is -0.881. The molecule has 0 fully saturated rings. The number of carboxylic acid groups (broad SMARTS) is 1. The van der Waals surface area contributed by atoms with Gasteiger partial charge in [0.25, 0.3) is 0 Å². The lowest BCUT2D eigenvalue weighted by atomic mass is 10.1. The Morgan fingerprint density at radius 2 is 2.17 bits per heavy atom. The van der Waals surface area contributed by atoms with Crippen molar-refractivity contribution < 1.29 is 9.90 Å². The van der Waals surface area contributed by atoms with Crippen molar-refractivity contribution in [2.24, 2.45) is 0 Å². The van der Waals surface area contributed by atoms with Crippen molar-refractivity contribution in [2.75, 3.05) is 0 Å². The van der Waals surface area contributed by atoms with E-state index in [4.69, 9.17) is 16.7 Å². The van der Waals surface area contributed by atoms with E-state index in [0.29, 0.717) is 17.1 Å². The Morgan fingerprint density at radius 3 is 2.83 bits per heavy atom. The first-order chi connectivity index (χ1) is 8.56. The van der Waals surface area contributed by atoms with Gasteiger partial charge in [0.2, 0.25) is 0 Å². The van der Waals surface area contributed by atoms with Gasteiger partial charge in [-0.25, -0.2) is 4.98 Å². The zero-order chi connectivity index (χ0) is 13.1. The number of nitrogens with one attached hydrogen (secondary N) is 1. The number of aromatic amines is 1. The number of H-pyrrole nitrogens is 1. The fourth-order valence-corrected chi connectivity index (χ4v) is 1.99. The van der Waals surface area contributed by atoms with Gasteiger partial charge in [-0.05, 0) is 18.6 Å². The summed E-state index contributed by atoms with van der Waals surface area (Å²) in [6.07, 6.45) is 0.505. The van der Waals surface area contributed by atoms with Gasteiger partial charge in [0.05, 0.1) is 12.1 Å². The molecule has 18 heavy (non-hydrogen) atoms. The molecule has 1 heterocycles. The van der Waals surface area contributed by atoms with Gasteiger partial charge in [-0.3, -0.25) is 4.79 Å². The van der Waals surface area contributed by atoms with Crippen LogP contribution in [0.15, 0.2) is 24.3 Å². The van der Waals surface area contributed by atoms with Gasteiger partial charge >= 0.3 is 5.97 Å². The predicted molar refractivity (Wildman–Crippen MR) is 68.9 cm³/mol. The molecule has 5 heteroatoms. The summed E-state index contributed by atoms with van der Waals surface area (Å²) in [6.45, 7) is 1.82. The Labute approximate surface area is 110 Å². The fourth-order valence-electron chi connectivity index (χ4n) is 1.78. The van der Waals surface area contributed by atoms with Crippen molar-refractivity contribution in [3.8, 4) is 0 Å². The molecule has 0 atom stereocenters. The van der Waals surface area contributed by atoms with Crippen LogP contribution in [0.4, 0.5) is 0 Å². The second-order valence-corrected chi connectivity index (χ2v) is 4.50. The second-order valence-electron chi connectivity index (χ2n) is 4.09. The summed E-state index contributed by atoms with van der Waals surface area (Å²) in [4.78, 5) is 18.1. The van der Waals surface area contributed by atoms with E-state index in [1.54, 1.807) is 0 Å². The topological polar surface area (TPSA) is 66.0 Å². The molecule has 2 aromatic rings.